The van der Waals surface area contributed by atoms with Crippen LogP contribution in [0.1, 0.15) is 5.82 Å². The van der Waals surface area contributed by atoms with Gasteiger partial charge in [-0.15, -0.1) is 0 Å². The Hall–Kier alpha value is -1.23. The van der Waals surface area contributed by atoms with Crippen LogP contribution in [0.25, 0.3) is 0 Å². The molecule has 1 rings (SSSR count). The minimum absolute atomic E-state index is 0.00565. The Bertz CT molecular complexity index is 318. The Balaban J connectivity index is 2.89. The molecule has 0 bridgehead atoms. The number of carboxylic acids is 1. The van der Waals surface area contributed by atoms with Crippen molar-refractivity contribution in [3.05, 3.63) is 23.0 Å². The molecule has 0 radical (unpaired) electrons. The van der Waals surface area contributed by atoms with Crippen LogP contribution in [0.3, 0.4) is 0 Å². The summed E-state index contributed by atoms with van der Waals surface area (Å²) in [4.78, 5) is 17.0. The zero-order valence-electron chi connectivity index (χ0n) is 5.79. The van der Waals surface area contributed by atoms with Crippen molar-refractivity contribution in [2.24, 2.45) is 0 Å². The smallest absolute Gasteiger partial charge is 0.311 e. The predicted octanol–water partition coefficient (Wildman–Crippen LogP) is 0.896. The first kappa shape index (κ1) is 8.86. The molecular formula is C6H4ClFN2O2. The third-order valence-corrected chi connectivity index (χ3v) is 1.33. The number of hydrogen-bond acceptors (Lipinski definition) is 3. The molecule has 0 aliphatic rings. The van der Waals surface area contributed by atoms with Crippen LogP contribution >= 0.6 is 11.6 Å². The fraction of sp³-hybridized carbons (Fsp3) is 0.167. The zero-order valence-corrected chi connectivity index (χ0v) is 6.55. The highest BCUT2D eigenvalue weighted by Crippen LogP contribution is 2.09. The lowest BCUT2D eigenvalue weighted by Gasteiger charge is -1.95. The second-order valence-electron chi connectivity index (χ2n) is 2.00. The molecule has 6 heteroatoms. The van der Waals surface area contributed by atoms with Gasteiger partial charge in [-0.25, -0.2) is 14.4 Å². The predicted molar refractivity (Wildman–Crippen MR) is 38.3 cm³/mol. The first-order valence-electron chi connectivity index (χ1n) is 2.98. The third kappa shape index (κ3) is 2.13. The number of halogens is 2. The lowest BCUT2D eigenvalue weighted by molar-refractivity contribution is -0.136. The molecule has 12 heavy (non-hydrogen) atoms. The molecule has 1 aromatic heterocycles. The summed E-state index contributed by atoms with van der Waals surface area (Å²) < 4.78 is 12.4. The highest BCUT2D eigenvalue weighted by molar-refractivity contribution is 6.29. The van der Waals surface area contributed by atoms with Crippen molar-refractivity contribution in [1.82, 2.24) is 9.97 Å². The minimum Gasteiger partial charge on any atom is -0.481 e. The summed E-state index contributed by atoms with van der Waals surface area (Å²) in [7, 11) is 0. The summed E-state index contributed by atoms with van der Waals surface area (Å²) in [6.45, 7) is 0. The Morgan fingerprint density at radius 3 is 2.92 bits per heavy atom. The van der Waals surface area contributed by atoms with Crippen molar-refractivity contribution >= 4 is 17.6 Å². The summed E-state index contributed by atoms with van der Waals surface area (Å²) in [6.07, 6.45) is 0.480. The molecule has 1 N–H and O–H groups in total. The normalized spacial score (nSPS) is 9.83. The van der Waals surface area contributed by atoms with E-state index in [0.29, 0.717) is 0 Å². The van der Waals surface area contributed by atoms with Crippen molar-refractivity contribution in [1.29, 1.82) is 0 Å². The van der Waals surface area contributed by atoms with Gasteiger partial charge in [0.1, 0.15) is 12.2 Å². The molecule has 0 fully saturated rings. The molecule has 1 heterocycles. The van der Waals surface area contributed by atoms with Gasteiger partial charge in [-0.2, -0.15) is 0 Å². The van der Waals surface area contributed by atoms with E-state index in [1.165, 1.54) is 0 Å². The van der Waals surface area contributed by atoms with Crippen LogP contribution in [0.15, 0.2) is 6.20 Å². The monoisotopic (exact) mass is 190 g/mol. The summed E-state index contributed by atoms with van der Waals surface area (Å²) in [5.74, 6) is -1.85. The van der Waals surface area contributed by atoms with Crippen LogP contribution in [-0.4, -0.2) is 21.0 Å². The molecule has 1 aromatic rings. The number of hydrogen-bond donors (Lipinski definition) is 1. The van der Waals surface area contributed by atoms with Crippen molar-refractivity contribution in [2.75, 3.05) is 0 Å². The van der Waals surface area contributed by atoms with Crippen molar-refractivity contribution < 1.29 is 14.3 Å². The van der Waals surface area contributed by atoms with Crippen molar-refractivity contribution in [3.8, 4) is 0 Å². The van der Waals surface area contributed by atoms with Gasteiger partial charge < -0.3 is 5.11 Å². The van der Waals surface area contributed by atoms with E-state index in [4.69, 9.17) is 16.7 Å². The van der Waals surface area contributed by atoms with Gasteiger partial charge in [0.25, 0.3) is 0 Å². The molecule has 0 spiro atoms. The largest absolute Gasteiger partial charge is 0.481 e. The maximum atomic E-state index is 12.4. The second kappa shape index (κ2) is 3.44. The molecule has 0 aliphatic heterocycles. The molecule has 0 saturated heterocycles. The SMILES string of the molecule is O=C(O)Cc1ncc(F)c(Cl)n1. The van der Waals surface area contributed by atoms with Gasteiger partial charge in [0.2, 0.25) is 0 Å². The van der Waals surface area contributed by atoms with E-state index in [9.17, 15) is 9.18 Å². The van der Waals surface area contributed by atoms with Gasteiger partial charge in [-0.1, -0.05) is 11.6 Å². The standard InChI is InChI=1S/C6H4ClFN2O2/c7-6-3(8)2-9-4(10-6)1-5(11)12/h2H,1H2,(H,11,12). The zero-order chi connectivity index (χ0) is 9.14. The maximum absolute atomic E-state index is 12.4. The number of nitrogens with zero attached hydrogens (tertiary/aromatic N) is 2. The number of carboxylic acid groups (broad SMARTS) is 1. The molecule has 4 nitrogen and oxygen atoms in total. The number of rotatable bonds is 2. The first-order valence-corrected chi connectivity index (χ1v) is 3.36. The van der Waals surface area contributed by atoms with E-state index >= 15 is 0 Å². The van der Waals surface area contributed by atoms with Gasteiger partial charge in [0, 0.05) is 0 Å². The van der Waals surface area contributed by atoms with E-state index in [1.807, 2.05) is 0 Å². The average molecular weight is 191 g/mol. The highest BCUT2D eigenvalue weighted by atomic mass is 35.5. The van der Waals surface area contributed by atoms with Crippen LogP contribution < -0.4 is 0 Å². The Morgan fingerprint density at radius 1 is 1.75 bits per heavy atom. The van der Waals surface area contributed by atoms with Crippen LogP contribution in [0.5, 0.6) is 0 Å². The summed E-state index contributed by atoms with van der Waals surface area (Å²) in [5.41, 5.74) is 0. The molecule has 0 amide bonds. The average Bonchev–Trinajstić information content (AvgIpc) is 1.96. The van der Waals surface area contributed by atoms with E-state index in [0.717, 1.165) is 6.20 Å². The summed E-state index contributed by atoms with van der Waals surface area (Å²) in [5, 5.41) is 7.95. The summed E-state index contributed by atoms with van der Waals surface area (Å²) >= 11 is 5.28. The Labute approximate surface area is 72.0 Å². The van der Waals surface area contributed by atoms with Gasteiger partial charge in [0.15, 0.2) is 11.0 Å². The van der Waals surface area contributed by atoms with Crippen molar-refractivity contribution in [3.63, 3.8) is 0 Å². The fourth-order valence-electron chi connectivity index (χ4n) is 0.600. The lowest BCUT2D eigenvalue weighted by atomic mass is 10.4. The van der Waals surface area contributed by atoms with Gasteiger partial charge >= 0.3 is 5.97 Å². The van der Waals surface area contributed by atoms with E-state index in [1.54, 1.807) is 0 Å². The summed E-state index contributed by atoms with van der Waals surface area (Å²) in [6, 6.07) is 0. The fourth-order valence-corrected chi connectivity index (χ4v) is 0.747. The van der Waals surface area contributed by atoms with E-state index in [-0.39, 0.29) is 17.4 Å². The maximum Gasteiger partial charge on any atom is 0.311 e. The van der Waals surface area contributed by atoms with Crippen LogP contribution in [-0.2, 0) is 11.2 Å². The van der Waals surface area contributed by atoms with E-state index in [2.05, 4.69) is 9.97 Å². The quantitative estimate of drug-likeness (QED) is 0.704. The Morgan fingerprint density at radius 2 is 2.42 bits per heavy atom. The molecule has 0 aromatic carbocycles. The van der Waals surface area contributed by atoms with Gasteiger partial charge in [0.05, 0.1) is 6.20 Å². The number of aliphatic carboxylic acids is 1. The lowest BCUT2D eigenvalue weighted by Crippen LogP contribution is -2.05. The molecular weight excluding hydrogens is 187 g/mol. The number of aromatic nitrogens is 2. The van der Waals surface area contributed by atoms with Crippen molar-refractivity contribution in [2.45, 2.75) is 6.42 Å². The second-order valence-corrected chi connectivity index (χ2v) is 2.35. The topological polar surface area (TPSA) is 63.1 Å². The molecule has 0 unspecified atom stereocenters. The van der Waals surface area contributed by atoms with Crippen LogP contribution in [0, 0.1) is 5.82 Å². The molecule has 0 aliphatic carbocycles. The minimum atomic E-state index is -1.09. The first-order chi connectivity index (χ1) is 5.59. The third-order valence-electron chi connectivity index (χ3n) is 1.06. The van der Waals surface area contributed by atoms with Crippen LogP contribution in [0.4, 0.5) is 4.39 Å². The molecule has 0 saturated carbocycles. The van der Waals surface area contributed by atoms with Gasteiger partial charge in [-0.3, -0.25) is 4.79 Å². The highest BCUT2D eigenvalue weighted by Gasteiger charge is 2.06. The number of carbonyl (C=O) groups is 1. The molecule has 64 valence electrons. The van der Waals surface area contributed by atoms with E-state index < -0.39 is 11.8 Å². The molecule has 0 atom stereocenters. The van der Waals surface area contributed by atoms with Gasteiger partial charge in [-0.05, 0) is 0 Å². The Kier molecular flexibility index (Phi) is 2.54. The van der Waals surface area contributed by atoms with Crippen LogP contribution in [0.2, 0.25) is 5.15 Å².